The maximum atomic E-state index is 12.0. The first-order chi connectivity index (χ1) is 15.1. The van der Waals surface area contributed by atoms with Crippen LogP contribution in [0.5, 0.6) is 0 Å². The molecule has 0 unspecified atom stereocenters. The van der Waals surface area contributed by atoms with E-state index in [9.17, 15) is 14.7 Å². The van der Waals surface area contributed by atoms with Gasteiger partial charge < -0.3 is 10.0 Å². The Hall–Kier alpha value is -4.11. The summed E-state index contributed by atoms with van der Waals surface area (Å²) in [5.41, 5.74) is 1.68. The van der Waals surface area contributed by atoms with Crippen LogP contribution in [0.1, 0.15) is 15.9 Å². The number of aliphatic hydroxyl groups is 1. The van der Waals surface area contributed by atoms with Gasteiger partial charge in [0.15, 0.2) is 5.84 Å². The van der Waals surface area contributed by atoms with Crippen molar-refractivity contribution in [1.29, 1.82) is 0 Å². The third-order valence-corrected chi connectivity index (χ3v) is 5.03. The van der Waals surface area contributed by atoms with Crippen molar-refractivity contribution in [2.45, 2.75) is 0 Å². The Balaban J connectivity index is 1.50. The number of hydrogen-bond donors (Lipinski definition) is 1. The van der Waals surface area contributed by atoms with Crippen LogP contribution in [0.15, 0.2) is 111 Å². The van der Waals surface area contributed by atoms with Crippen molar-refractivity contribution in [2.75, 3.05) is 0 Å². The van der Waals surface area contributed by atoms with Gasteiger partial charge in [0.2, 0.25) is 0 Å². The molecule has 152 valence electrons. The lowest BCUT2D eigenvalue weighted by Gasteiger charge is -2.19. The minimum Gasteiger partial charge on any atom is -0.507 e. The number of amidine groups is 1. The van der Waals surface area contributed by atoms with Gasteiger partial charge in [0, 0.05) is 41.5 Å². The molecule has 0 bridgehead atoms. The lowest BCUT2D eigenvalue weighted by molar-refractivity contribution is 0.0994. The normalized spacial score (nSPS) is 17.0. The monoisotopic (exact) mass is 429 g/mol. The van der Waals surface area contributed by atoms with E-state index in [4.69, 9.17) is 0 Å². The summed E-state index contributed by atoms with van der Waals surface area (Å²) in [6.45, 7) is 0. The highest BCUT2D eigenvalue weighted by molar-refractivity contribution is 8.18. The number of azo groups is 1. The maximum Gasteiger partial charge on any atom is 0.311 e. The summed E-state index contributed by atoms with van der Waals surface area (Å²) in [7, 11) is 0. The molecule has 1 aromatic heterocycles. The van der Waals surface area contributed by atoms with Crippen LogP contribution >= 0.6 is 11.8 Å². The lowest BCUT2D eigenvalue weighted by Crippen LogP contribution is -2.20. The smallest absolute Gasteiger partial charge is 0.311 e. The second-order valence-corrected chi connectivity index (χ2v) is 7.26. The summed E-state index contributed by atoms with van der Waals surface area (Å²) < 4.78 is 0. The summed E-state index contributed by atoms with van der Waals surface area (Å²) >= 11 is 0.891. The molecule has 2 aliphatic rings. The van der Waals surface area contributed by atoms with Crippen molar-refractivity contribution in [3.63, 3.8) is 0 Å². The third kappa shape index (κ3) is 4.73. The summed E-state index contributed by atoms with van der Waals surface area (Å²) in [6, 6.07) is 12.3. The number of aliphatic hydroxyl groups excluding tert-OH is 1. The first-order valence-corrected chi connectivity index (χ1v) is 9.93. The van der Waals surface area contributed by atoms with Crippen molar-refractivity contribution in [3.05, 3.63) is 107 Å². The maximum absolute atomic E-state index is 12.0. The van der Waals surface area contributed by atoms with Gasteiger partial charge in [-0.25, -0.2) is 0 Å². The van der Waals surface area contributed by atoms with Gasteiger partial charge in [-0.15, -0.1) is 5.11 Å². The van der Waals surface area contributed by atoms with Crippen LogP contribution < -0.4 is 0 Å². The van der Waals surface area contributed by atoms with Gasteiger partial charge in [0.1, 0.15) is 5.76 Å². The predicted molar refractivity (Wildman–Crippen MR) is 118 cm³/mol. The van der Waals surface area contributed by atoms with Gasteiger partial charge in [0.25, 0.3) is 5.91 Å². The molecule has 0 fully saturated rings. The highest BCUT2D eigenvalue weighted by Crippen LogP contribution is 2.31. The number of aliphatic imine (C=N–C) groups is 1. The Kier molecular flexibility index (Phi) is 5.95. The molecule has 0 spiro atoms. The molecular formula is C22H15N5O3S. The minimum atomic E-state index is -0.518. The molecule has 0 atom stereocenters. The van der Waals surface area contributed by atoms with Gasteiger partial charge in [-0.3, -0.25) is 14.6 Å². The Morgan fingerprint density at radius 1 is 1.03 bits per heavy atom. The minimum absolute atomic E-state index is 0.144. The van der Waals surface area contributed by atoms with E-state index < -0.39 is 11.1 Å². The Bertz CT molecular complexity index is 1180. The van der Waals surface area contributed by atoms with Crippen LogP contribution in [-0.2, 0) is 0 Å². The van der Waals surface area contributed by atoms with Crippen molar-refractivity contribution < 1.29 is 14.7 Å². The Morgan fingerprint density at radius 3 is 2.45 bits per heavy atom. The van der Waals surface area contributed by atoms with E-state index in [0.29, 0.717) is 27.4 Å². The first kappa shape index (κ1) is 20.2. The topological polar surface area (TPSA) is 108 Å². The zero-order valence-corrected chi connectivity index (χ0v) is 16.8. The molecule has 3 heterocycles. The number of aromatic nitrogens is 1. The fourth-order valence-corrected chi connectivity index (χ4v) is 3.41. The van der Waals surface area contributed by atoms with Crippen LogP contribution in [0, 0.1) is 0 Å². The summed E-state index contributed by atoms with van der Waals surface area (Å²) in [6.07, 6.45) is 11.1. The molecule has 8 nitrogen and oxygen atoms in total. The van der Waals surface area contributed by atoms with E-state index in [2.05, 4.69) is 20.2 Å². The Morgan fingerprint density at radius 2 is 1.74 bits per heavy atom. The molecule has 0 saturated carbocycles. The van der Waals surface area contributed by atoms with Crippen LogP contribution in [0.3, 0.4) is 0 Å². The molecule has 1 aromatic carbocycles. The average Bonchev–Trinajstić information content (AvgIpc) is 3.20. The number of benzene rings is 1. The molecule has 2 amide bonds. The van der Waals surface area contributed by atoms with Crippen molar-refractivity contribution >= 4 is 34.5 Å². The highest BCUT2D eigenvalue weighted by Gasteiger charge is 2.26. The number of amides is 2. The van der Waals surface area contributed by atoms with Gasteiger partial charge >= 0.3 is 5.24 Å². The van der Waals surface area contributed by atoms with E-state index in [0.717, 1.165) is 11.8 Å². The number of carbonyl (C=O) groups excluding carboxylic acids is 2. The quantitative estimate of drug-likeness (QED) is 0.538. The molecule has 0 saturated heterocycles. The van der Waals surface area contributed by atoms with Crippen LogP contribution in [0.4, 0.5) is 4.79 Å². The molecule has 9 heteroatoms. The molecule has 2 aliphatic heterocycles. The van der Waals surface area contributed by atoms with Crippen LogP contribution in [-0.4, -0.2) is 32.0 Å². The van der Waals surface area contributed by atoms with Gasteiger partial charge in [-0.1, -0.05) is 30.3 Å². The number of carbonyl (C=O) groups is 2. The zero-order valence-electron chi connectivity index (χ0n) is 16.0. The molecule has 0 aliphatic carbocycles. The molecule has 1 N–H and O–H groups in total. The van der Waals surface area contributed by atoms with E-state index >= 15 is 0 Å². The van der Waals surface area contributed by atoms with E-state index in [1.165, 1.54) is 30.7 Å². The zero-order chi connectivity index (χ0) is 21.6. The number of hydrogen-bond acceptors (Lipinski definition) is 7. The number of allylic oxidation sites excluding steroid dienone is 3. The first-order valence-electron chi connectivity index (χ1n) is 9.11. The molecular weight excluding hydrogens is 414 g/mol. The second kappa shape index (κ2) is 9.14. The summed E-state index contributed by atoms with van der Waals surface area (Å²) in [4.78, 5) is 33.8. The van der Waals surface area contributed by atoms with E-state index in [1.54, 1.807) is 29.5 Å². The van der Waals surface area contributed by atoms with E-state index in [1.807, 2.05) is 30.3 Å². The Labute approximate surface area is 181 Å². The summed E-state index contributed by atoms with van der Waals surface area (Å²) in [5.74, 6) is -0.0159. The molecule has 4 rings (SSSR count). The number of nitrogens with zero attached hydrogens (tertiary/aromatic N) is 5. The highest BCUT2D eigenvalue weighted by atomic mass is 32.2. The number of pyridine rings is 1. The largest absolute Gasteiger partial charge is 0.507 e. The van der Waals surface area contributed by atoms with Gasteiger partial charge in [-0.2, -0.15) is 10.1 Å². The average molecular weight is 429 g/mol. The standard InChI is InChI=1S/C22H15N5O3S/c28-19(15-4-2-1-3-5-15)16-8-12-27(13-9-16)20-18(31-22(30)25-20)14-24-26-21(29)17-6-10-23-11-7-17/h1-14,28H/b18-14+,26-24?. The number of thioether (sulfide) groups is 1. The van der Waals surface area contributed by atoms with E-state index in [-0.39, 0.29) is 5.76 Å². The van der Waals surface area contributed by atoms with Gasteiger partial charge in [0.05, 0.1) is 11.1 Å². The third-order valence-electron chi connectivity index (χ3n) is 4.26. The SMILES string of the molecule is O=C1N=C(N2C=CC(=C(O)c3ccccc3)C=C2)/C(=C\N=NC(=O)c2ccncc2)S1. The molecule has 31 heavy (non-hydrogen) atoms. The fourth-order valence-electron chi connectivity index (χ4n) is 2.75. The van der Waals surface area contributed by atoms with Crippen LogP contribution in [0.25, 0.3) is 5.76 Å². The number of rotatable bonds is 3. The second-order valence-electron chi connectivity index (χ2n) is 6.26. The lowest BCUT2D eigenvalue weighted by atomic mass is 10.1. The van der Waals surface area contributed by atoms with Crippen molar-refractivity contribution in [1.82, 2.24) is 9.88 Å². The van der Waals surface area contributed by atoms with Gasteiger partial charge in [-0.05, 0) is 36.0 Å². The van der Waals surface area contributed by atoms with Crippen molar-refractivity contribution in [3.8, 4) is 0 Å². The van der Waals surface area contributed by atoms with Crippen LogP contribution in [0.2, 0.25) is 0 Å². The molecule has 0 radical (unpaired) electrons. The van der Waals surface area contributed by atoms with Crippen molar-refractivity contribution in [2.24, 2.45) is 15.2 Å². The fraction of sp³-hybridized carbons (Fsp3) is 0. The molecule has 2 aromatic rings. The predicted octanol–water partition coefficient (Wildman–Crippen LogP) is 5.09. The summed E-state index contributed by atoms with van der Waals surface area (Å²) in [5, 5.41) is 17.5.